The van der Waals surface area contributed by atoms with Crippen LogP contribution in [0.2, 0.25) is 8.67 Å². The smallest absolute Gasteiger partial charge is 0.331 e. The molecular formula is C17H12Cl2O5S2. The number of thiophene rings is 2. The second-order valence-electron chi connectivity index (χ2n) is 4.70. The minimum atomic E-state index is -0.677. The van der Waals surface area contributed by atoms with Gasteiger partial charge in [-0.25, -0.2) is 9.59 Å². The molecule has 2 aromatic rings. The monoisotopic (exact) mass is 430 g/mol. The molecule has 0 spiro atoms. The molecule has 0 N–H and O–H groups in total. The molecule has 0 fully saturated rings. The molecule has 0 amide bonds. The van der Waals surface area contributed by atoms with E-state index in [2.05, 4.69) is 0 Å². The average Bonchev–Trinajstić information content (AvgIpc) is 3.22. The van der Waals surface area contributed by atoms with Crippen LogP contribution in [0, 0.1) is 0 Å². The third-order valence-corrected chi connectivity index (χ3v) is 5.10. The van der Waals surface area contributed by atoms with Crippen molar-refractivity contribution in [1.29, 1.82) is 0 Å². The Kier molecular flexibility index (Phi) is 8.06. The fourth-order valence-corrected chi connectivity index (χ4v) is 3.50. The van der Waals surface area contributed by atoms with Crippen LogP contribution in [-0.2, 0) is 23.9 Å². The van der Waals surface area contributed by atoms with Crippen LogP contribution in [0.15, 0.2) is 36.4 Å². The van der Waals surface area contributed by atoms with Gasteiger partial charge in [0.15, 0.2) is 13.2 Å². The third-order valence-electron chi connectivity index (χ3n) is 2.71. The van der Waals surface area contributed by atoms with Crippen LogP contribution < -0.4 is 0 Å². The Bertz CT molecular complexity index is 783. The van der Waals surface area contributed by atoms with Crippen molar-refractivity contribution in [1.82, 2.24) is 0 Å². The molecule has 2 aromatic heterocycles. The first-order valence-electron chi connectivity index (χ1n) is 7.14. The van der Waals surface area contributed by atoms with Crippen LogP contribution in [0.1, 0.15) is 9.75 Å². The van der Waals surface area contributed by atoms with E-state index < -0.39 is 30.9 Å². The van der Waals surface area contributed by atoms with Crippen molar-refractivity contribution in [2.75, 3.05) is 13.2 Å². The molecule has 0 bridgehead atoms. The van der Waals surface area contributed by atoms with Crippen molar-refractivity contribution >= 4 is 75.7 Å². The van der Waals surface area contributed by atoms with Crippen LogP contribution in [-0.4, -0.2) is 30.9 Å². The summed E-state index contributed by atoms with van der Waals surface area (Å²) in [6.07, 6.45) is 5.45. The highest BCUT2D eigenvalue weighted by Gasteiger charge is 2.08. The van der Waals surface area contributed by atoms with Gasteiger partial charge in [-0.2, -0.15) is 0 Å². The van der Waals surface area contributed by atoms with E-state index in [0.29, 0.717) is 8.67 Å². The highest BCUT2D eigenvalue weighted by molar-refractivity contribution is 7.17. The lowest BCUT2D eigenvalue weighted by Crippen LogP contribution is -2.19. The molecule has 0 aromatic carbocycles. The maximum atomic E-state index is 11.6. The maximum Gasteiger partial charge on any atom is 0.331 e. The largest absolute Gasteiger partial charge is 0.454 e. The lowest BCUT2D eigenvalue weighted by atomic mass is 10.4. The molecule has 26 heavy (non-hydrogen) atoms. The van der Waals surface area contributed by atoms with Gasteiger partial charge in [0.05, 0.1) is 8.67 Å². The molecule has 136 valence electrons. The molecule has 0 aliphatic heterocycles. The van der Waals surface area contributed by atoms with E-state index in [1.165, 1.54) is 47.0 Å². The van der Waals surface area contributed by atoms with Crippen LogP contribution in [0.25, 0.3) is 12.2 Å². The van der Waals surface area contributed by atoms with E-state index in [-0.39, 0.29) is 0 Å². The summed E-state index contributed by atoms with van der Waals surface area (Å²) in [6, 6.07) is 6.91. The Morgan fingerprint density at radius 1 is 0.808 bits per heavy atom. The number of carbonyl (C=O) groups is 3. The zero-order chi connectivity index (χ0) is 18.9. The second kappa shape index (κ2) is 10.3. The quantitative estimate of drug-likeness (QED) is 0.455. The number of carbonyl (C=O) groups excluding carboxylic acids is 3. The van der Waals surface area contributed by atoms with E-state index in [9.17, 15) is 14.4 Å². The normalized spacial score (nSPS) is 11.2. The molecular weight excluding hydrogens is 419 g/mol. The van der Waals surface area contributed by atoms with Gasteiger partial charge >= 0.3 is 11.9 Å². The van der Waals surface area contributed by atoms with Crippen molar-refractivity contribution in [3.63, 3.8) is 0 Å². The predicted octanol–water partition coefficient (Wildman–Crippen LogP) is 4.50. The number of halogens is 2. The van der Waals surface area contributed by atoms with Crippen molar-refractivity contribution in [3.8, 4) is 0 Å². The number of esters is 2. The zero-order valence-electron chi connectivity index (χ0n) is 13.1. The van der Waals surface area contributed by atoms with E-state index >= 15 is 0 Å². The summed E-state index contributed by atoms with van der Waals surface area (Å²) in [5.74, 6) is -1.89. The zero-order valence-corrected chi connectivity index (χ0v) is 16.3. The van der Waals surface area contributed by atoms with Gasteiger partial charge < -0.3 is 9.47 Å². The van der Waals surface area contributed by atoms with Crippen molar-refractivity contribution in [2.45, 2.75) is 0 Å². The summed E-state index contributed by atoms with van der Waals surface area (Å²) >= 11 is 14.1. The summed E-state index contributed by atoms with van der Waals surface area (Å²) in [5, 5.41) is 0. The first kappa shape index (κ1) is 20.4. The van der Waals surface area contributed by atoms with Gasteiger partial charge in [-0.05, 0) is 36.4 Å². The number of rotatable bonds is 8. The lowest BCUT2D eigenvalue weighted by Gasteiger charge is -2.02. The third kappa shape index (κ3) is 7.53. The van der Waals surface area contributed by atoms with Crippen LogP contribution in [0.4, 0.5) is 0 Å². The SMILES string of the molecule is O=C(COC(=O)/C=C/c1ccc(Cl)s1)COC(=O)/C=C/c1ccc(Cl)s1. The Balaban J connectivity index is 1.66. The lowest BCUT2D eigenvalue weighted by molar-refractivity contribution is -0.148. The maximum absolute atomic E-state index is 11.6. The summed E-state index contributed by atoms with van der Waals surface area (Å²) in [4.78, 5) is 36.2. The highest BCUT2D eigenvalue weighted by atomic mass is 35.5. The van der Waals surface area contributed by atoms with E-state index in [1.807, 2.05) is 0 Å². The molecule has 2 rings (SSSR count). The van der Waals surface area contributed by atoms with E-state index in [1.54, 1.807) is 24.3 Å². The van der Waals surface area contributed by atoms with Gasteiger partial charge in [-0.15, -0.1) is 22.7 Å². The van der Waals surface area contributed by atoms with Crippen LogP contribution in [0.3, 0.4) is 0 Å². The molecule has 0 radical (unpaired) electrons. The number of hydrogen-bond donors (Lipinski definition) is 0. The Morgan fingerprint density at radius 3 is 1.58 bits per heavy atom. The van der Waals surface area contributed by atoms with E-state index in [0.717, 1.165) is 9.75 Å². The molecule has 0 atom stereocenters. The van der Waals surface area contributed by atoms with Crippen LogP contribution >= 0.6 is 45.9 Å². The Morgan fingerprint density at radius 2 is 1.23 bits per heavy atom. The number of hydrogen-bond acceptors (Lipinski definition) is 7. The molecule has 5 nitrogen and oxygen atoms in total. The Labute approximate surface area is 167 Å². The van der Waals surface area contributed by atoms with Gasteiger partial charge in [-0.1, -0.05) is 23.2 Å². The number of ketones is 1. The average molecular weight is 431 g/mol. The fraction of sp³-hybridized carbons (Fsp3) is 0.118. The van der Waals surface area contributed by atoms with E-state index in [4.69, 9.17) is 32.7 Å². The molecule has 0 saturated carbocycles. The van der Waals surface area contributed by atoms with Crippen molar-refractivity contribution in [2.24, 2.45) is 0 Å². The summed E-state index contributed by atoms with van der Waals surface area (Å²) in [5.41, 5.74) is 0. The minimum absolute atomic E-state index is 0.480. The van der Waals surface area contributed by atoms with Gasteiger partial charge in [0.25, 0.3) is 0 Å². The standard InChI is InChI=1S/C17H12Cl2O5S2/c18-14-5-1-12(25-14)3-7-16(21)23-9-11(20)10-24-17(22)8-4-13-2-6-15(19)26-13/h1-8H,9-10H2/b7-3+,8-4+. The van der Waals surface area contributed by atoms with Crippen LogP contribution in [0.5, 0.6) is 0 Å². The fourth-order valence-electron chi connectivity index (χ4n) is 1.58. The first-order valence-corrected chi connectivity index (χ1v) is 9.53. The molecule has 0 aliphatic carbocycles. The second-order valence-corrected chi connectivity index (χ2v) is 8.20. The molecule has 0 saturated heterocycles. The number of Topliss-reactive ketones (excluding diaryl/α,β-unsaturated/α-hetero) is 1. The van der Waals surface area contributed by atoms with Crippen molar-refractivity contribution in [3.05, 3.63) is 54.8 Å². The van der Waals surface area contributed by atoms with Crippen molar-refractivity contribution < 1.29 is 23.9 Å². The summed E-state index contributed by atoms with van der Waals surface area (Å²) in [7, 11) is 0. The van der Waals surface area contributed by atoms with Gasteiger partial charge in [0.2, 0.25) is 5.78 Å². The highest BCUT2D eigenvalue weighted by Crippen LogP contribution is 2.23. The predicted molar refractivity (Wildman–Crippen MR) is 104 cm³/mol. The molecule has 0 unspecified atom stereocenters. The molecule has 0 aliphatic rings. The topological polar surface area (TPSA) is 69.7 Å². The molecule has 2 heterocycles. The summed E-state index contributed by atoms with van der Waals surface area (Å²) < 4.78 is 10.7. The first-order chi connectivity index (χ1) is 12.4. The summed E-state index contributed by atoms with van der Waals surface area (Å²) in [6.45, 7) is -0.961. The number of ether oxygens (including phenoxy) is 2. The molecule has 9 heteroatoms. The Hall–Kier alpha value is -1.93. The van der Waals surface area contributed by atoms with Gasteiger partial charge in [0.1, 0.15) is 0 Å². The van der Waals surface area contributed by atoms with Gasteiger partial charge in [-0.3, -0.25) is 4.79 Å². The van der Waals surface area contributed by atoms with Gasteiger partial charge in [0, 0.05) is 21.9 Å². The minimum Gasteiger partial charge on any atom is -0.454 e.